The van der Waals surface area contributed by atoms with Crippen LogP contribution >= 0.6 is 11.6 Å². The third-order valence-electron chi connectivity index (χ3n) is 4.52. The topological polar surface area (TPSA) is 66.5 Å². The maximum atomic E-state index is 12.9. The second-order valence-corrected chi connectivity index (χ2v) is 9.00. The molecule has 0 radical (unpaired) electrons. The van der Waals surface area contributed by atoms with Gasteiger partial charge < -0.3 is 5.32 Å². The number of halogens is 1. The lowest BCUT2D eigenvalue weighted by molar-refractivity contribution is -0.117. The summed E-state index contributed by atoms with van der Waals surface area (Å²) in [5.41, 5.74) is 3.92. The Morgan fingerprint density at radius 2 is 1.74 bits per heavy atom. The van der Waals surface area contributed by atoms with Crippen molar-refractivity contribution in [3.8, 4) is 0 Å². The Balaban J connectivity index is 2.42. The van der Waals surface area contributed by atoms with Gasteiger partial charge in [-0.05, 0) is 74.2 Å². The van der Waals surface area contributed by atoms with Crippen molar-refractivity contribution in [3.05, 3.63) is 58.1 Å². The van der Waals surface area contributed by atoms with E-state index in [0.29, 0.717) is 22.8 Å². The molecule has 1 N–H and O–H groups in total. The summed E-state index contributed by atoms with van der Waals surface area (Å²) in [6, 6.07) is 9.66. The maximum Gasteiger partial charge on any atom is 0.248 e. The van der Waals surface area contributed by atoms with Crippen LogP contribution in [0.5, 0.6) is 0 Å². The molecule has 2 aromatic rings. The van der Waals surface area contributed by atoms with E-state index in [1.54, 1.807) is 37.3 Å². The first-order valence-electron chi connectivity index (χ1n) is 8.68. The van der Waals surface area contributed by atoms with Crippen molar-refractivity contribution >= 4 is 38.9 Å². The molecule has 0 spiro atoms. The molecule has 0 saturated heterocycles. The number of hydrogen-bond donors (Lipinski definition) is 1. The van der Waals surface area contributed by atoms with Crippen LogP contribution in [-0.2, 0) is 14.8 Å². The number of amides is 1. The van der Waals surface area contributed by atoms with E-state index in [9.17, 15) is 13.2 Å². The lowest BCUT2D eigenvalue weighted by Gasteiger charge is -2.30. The van der Waals surface area contributed by atoms with Gasteiger partial charge in [-0.1, -0.05) is 24.6 Å². The van der Waals surface area contributed by atoms with E-state index < -0.39 is 16.1 Å². The Morgan fingerprint density at radius 1 is 1.07 bits per heavy atom. The summed E-state index contributed by atoms with van der Waals surface area (Å²) in [6.07, 6.45) is 1.45. The molecule has 2 aromatic carbocycles. The molecular weight excluding hydrogens is 384 g/mol. The van der Waals surface area contributed by atoms with Gasteiger partial charge in [0.2, 0.25) is 15.9 Å². The molecule has 0 aliphatic rings. The van der Waals surface area contributed by atoms with E-state index in [1.807, 2.05) is 26.8 Å². The van der Waals surface area contributed by atoms with E-state index in [-0.39, 0.29) is 5.91 Å². The van der Waals surface area contributed by atoms with Crippen LogP contribution in [0, 0.1) is 20.8 Å². The summed E-state index contributed by atoms with van der Waals surface area (Å²) in [4.78, 5) is 12.9. The van der Waals surface area contributed by atoms with Gasteiger partial charge in [0.1, 0.15) is 6.04 Å². The van der Waals surface area contributed by atoms with E-state index >= 15 is 0 Å². The van der Waals surface area contributed by atoms with Crippen LogP contribution in [0.4, 0.5) is 11.4 Å². The van der Waals surface area contributed by atoms with E-state index in [1.165, 1.54) is 4.31 Å². The van der Waals surface area contributed by atoms with Crippen molar-refractivity contribution in [2.45, 2.75) is 40.2 Å². The highest BCUT2D eigenvalue weighted by atomic mass is 35.5. The van der Waals surface area contributed by atoms with Crippen LogP contribution in [0.1, 0.15) is 30.0 Å². The lowest BCUT2D eigenvalue weighted by Crippen LogP contribution is -2.47. The Labute approximate surface area is 166 Å². The standard InChI is InChI=1S/C20H25ClN2O3S/c1-6-19(20(24)22-18-10-8-16(21)11-15(18)4)23(27(5,25)26)17-9-7-13(2)14(3)12-17/h7-12,19H,6H2,1-5H3,(H,22,24)/t19-/m1/s1. The fourth-order valence-corrected chi connectivity index (χ4v) is 4.34. The molecule has 0 bridgehead atoms. The molecule has 2 rings (SSSR count). The van der Waals surface area contributed by atoms with Gasteiger partial charge in [0.15, 0.2) is 0 Å². The second kappa shape index (κ2) is 8.31. The average Bonchev–Trinajstić information content (AvgIpc) is 2.56. The highest BCUT2D eigenvalue weighted by Crippen LogP contribution is 2.26. The first-order chi connectivity index (χ1) is 12.5. The van der Waals surface area contributed by atoms with Gasteiger partial charge in [-0.3, -0.25) is 9.10 Å². The largest absolute Gasteiger partial charge is 0.324 e. The van der Waals surface area contributed by atoms with Gasteiger partial charge in [0.05, 0.1) is 11.9 Å². The number of carbonyl (C=O) groups excluding carboxylic acids is 1. The maximum absolute atomic E-state index is 12.9. The normalized spacial score (nSPS) is 12.5. The van der Waals surface area contributed by atoms with Crippen molar-refractivity contribution in [2.75, 3.05) is 15.9 Å². The molecule has 0 aliphatic carbocycles. The van der Waals surface area contributed by atoms with Crippen LogP contribution < -0.4 is 9.62 Å². The van der Waals surface area contributed by atoms with Crippen LogP contribution in [0.3, 0.4) is 0 Å². The third-order valence-corrected chi connectivity index (χ3v) is 5.94. The van der Waals surface area contributed by atoms with Crippen molar-refractivity contribution < 1.29 is 13.2 Å². The second-order valence-electron chi connectivity index (χ2n) is 6.70. The van der Waals surface area contributed by atoms with Crippen LogP contribution in [0.2, 0.25) is 5.02 Å². The van der Waals surface area contributed by atoms with E-state index in [2.05, 4.69) is 5.32 Å². The number of nitrogens with one attached hydrogen (secondary N) is 1. The van der Waals surface area contributed by atoms with Gasteiger partial charge in [0.25, 0.3) is 0 Å². The van der Waals surface area contributed by atoms with Crippen molar-refractivity contribution in [1.82, 2.24) is 0 Å². The SMILES string of the molecule is CC[C@H](C(=O)Nc1ccc(Cl)cc1C)N(c1ccc(C)c(C)c1)S(C)(=O)=O. The summed E-state index contributed by atoms with van der Waals surface area (Å²) in [6.45, 7) is 7.49. The Morgan fingerprint density at radius 3 is 2.26 bits per heavy atom. The summed E-state index contributed by atoms with van der Waals surface area (Å²) in [7, 11) is -3.66. The van der Waals surface area contributed by atoms with Gasteiger partial charge in [-0.15, -0.1) is 0 Å². The Kier molecular flexibility index (Phi) is 6.54. The van der Waals surface area contributed by atoms with Crippen LogP contribution in [-0.4, -0.2) is 26.6 Å². The molecule has 5 nitrogen and oxygen atoms in total. The molecule has 0 unspecified atom stereocenters. The number of sulfonamides is 1. The zero-order valence-corrected chi connectivity index (χ0v) is 17.8. The minimum Gasteiger partial charge on any atom is -0.324 e. The van der Waals surface area contributed by atoms with Crippen molar-refractivity contribution in [1.29, 1.82) is 0 Å². The first kappa shape index (κ1) is 21.3. The predicted octanol–water partition coefficient (Wildman–Crippen LogP) is 4.45. The molecule has 1 atom stereocenters. The Hall–Kier alpha value is -2.05. The Bertz CT molecular complexity index is 958. The number of carbonyl (C=O) groups is 1. The number of anilines is 2. The third kappa shape index (κ3) is 5.02. The summed E-state index contributed by atoms with van der Waals surface area (Å²) >= 11 is 5.96. The highest BCUT2D eigenvalue weighted by molar-refractivity contribution is 7.92. The van der Waals surface area contributed by atoms with Crippen LogP contribution in [0.15, 0.2) is 36.4 Å². The number of nitrogens with zero attached hydrogens (tertiary/aromatic N) is 1. The minimum absolute atomic E-state index is 0.332. The van der Waals surface area contributed by atoms with Crippen molar-refractivity contribution in [3.63, 3.8) is 0 Å². The number of hydrogen-bond acceptors (Lipinski definition) is 3. The zero-order valence-electron chi connectivity index (χ0n) is 16.2. The molecule has 0 aromatic heterocycles. The van der Waals surface area contributed by atoms with Gasteiger partial charge in [0, 0.05) is 10.7 Å². The van der Waals surface area contributed by atoms with E-state index in [4.69, 9.17) is 11.6 Å². The predicted molar refractivity (Wildman–Crippen MR) is 112 cm³/mol. The van der Waals surface area contributed by atoms with Crippen LogP contribution in [0.25, 0.3) is 0 Å². The summed E-state index contributed by atoms with van der Waals surface area (Å²) < 4.78 is 26.2. The summed E-state index contributed by atoms with van der Waals surface area (Å²) in [5.74, 6) is -0.383. The van der Waals surface area contributed by atoms with Gasteiger partial charge in [-0.25, -0.2) is 8.42 Å². The molecule has 0 aliphatic heterocycles. The summed E-state index contributed by atoms with van der Waals surface area (Å²) in [5, 5.41) is 3.41. The fourth-order valence-electron chi connectivity index (χ4n) is 2.91. The molecule has 27 heavy (non-hydrogen) atoms. The highest BCUT2D eigenvalue weighted by Gasteiger charge is 2.31. The van der Waals surface area contributed by atoms with Gasteiger partial charge in [-0.2, -0.15) is 0 Å². The molecule has 0 heterocycles. The van der Waals surface area contributed by atoms with Gasteiger partial charge >= 0.3 is 0 Å². The van der Waals surface area contributed by atoms with E-state index in [0.717, 1.165) is 22.9 Å². The number of benzene rings is 2. The number of rotatable bonds is 6. The molecular formula is C20H25ClN2O3S. The quantitative estimate of drug-likeness (QED) is 0.767. The molecule has 146 valence electrons. The lowest BCUT2D eigenvalue weighted by atomic mass is 10.1. The smallest absolute Gasteiger partial charge is 0.248 e. The van der Waals surface area contributed by atoms with Crippen molar-refractivity contribution in [2.24, 2.45) is 0 Å². The minimum atomic E-state index is -3.66. The average molecular weight is 409 g/mol. The number of aryl methyl sites for hydroxylation is 3. The molecule has 0 saturated carbocycles. The molecule has 0 fully saturated rings. The molecule has 1 amide bonds. The monoisotopic (exact) mass is 408 g/mol. The first-order valence-corrected chi connectivity index (χ1v) is 10.9. The molecule has 7 heteroatoms. The fraction of sp³-hybridized carbons (Fsp3) is 0.350. The zero-order chi connectivity index (χ0) is 20.4.